The van der Waals surface area contributed by atoms with Gasteiger partial charge in [-0.2, -0.15) is 5.10 Å². The molecule has 0 spiro atoms. The van der Waals surface area contributed by atoms with E-state index in [4.69, 9.17) is 5.11 Å². The van der Waals surface area contributed by atoms with Crippen LogP contribution in [0, 0.1) is 0 Å². The van der Waals surface area contributed by atoms with Crippen LogP contribution in [0.5, 0.6) is 0 Å². The van der Waals surface area contributed by atoms with Gasteiger partial charge in [0.2, 0.25) is 5.92 Å². The average molecular weight is 204 g/mol. The zero-order chi connectivity index (χ0) is 10.8. The number of carboxylic acids is 1. The number of halogens is 2. The Kier molecular flexibility index (Phi) is 2.83. The number of aromatic carboxylic acids is 1. The van der Waals surface area contributed by atoms with Gasteiger partial charge in [-0.05, 0) is 6.92 Å². The first kappa shape index (κ1) is 10.6. The monoisotopic (exact) mass is 204 g/mol. The van der Waals surface area contributed by atoms with E-state index in [0.717, 1.165) is 13.1 Å². The number of aromatic nitrogens is 2. The van der Waals surface area contributed by atoms with Crippen molar-refractivity contribution < 1.29 is 18.7 Å². The van der Waals surface area contributed by atoms with Gasteiger partial charge >= 0.3 is 5.97 Å². The molecular formula is C8H10F2N2O2. The van der Waals surface area contributed by atoms with E-state index in [1.165, 1.54) is 10.9 Å². The fourth-order valence-electron chi connectivity index (χ4n) is 0.907. The predicted octanol–water partition coefficient (Wildman–Crippen LogP) is 1.63. The van der Waals surface area contributed by atoms with E-state index in [-0.39, 0.29) is 18.5 Å². The average Bonchev–Trinajstić information content (AvgIpc) is 2.47. The Morgan fingerprint density at radius 3 is 2.79 bits per heavy atom. The lowest BCUT2D eigenvalue weighted by molar-refractivity contribution is 0.00779. The lowest BCUT2D eigenvalue weighted by atomic mass is 10.3. The lowest BCUT2D eigenvalue weighted by Crippen LogP contribution is -2.14. The van der Waals surface area contributed by atoms with E-state index in [9.17, 15) is 13.6 Å². The molecule has 0 aliphatic carbocycles. The molecule has 0 aliphatic rings. The molecule has 78 valence electrons. The van der Waals surface area contributed by atoms with Gasteiger partial charge in [0.05, 0.1) is 11.8 Å². The molecular weight excluding hydrogens is 194 g/mol. The number of rotatable bonds is 4. The summed E-state index contributed by atoms with van der Waals surface area (Å²) in [6.07, 6.45) is 2.01. The smallest absolute Gasteiger partial charge is 0.338 e. The maximum absolute atomic E-state index is 12.4. The van der Waals surface area contributed by atoms with Crippen LogP contribution in [0.4, 0.5) is 8.78 Å². The second-order valence-corrected chi connectivity index (χ2v) is 3.12. The molecule has 4 nitrogen and oxygen atoms in total. The Hall–Kier alpha value is -1.46. The molecule has 0 aliphatic heterocycles. The minimum atomic E-state index is -2.75. The van der Waals surface area contributed by atoms with E-state index in [2.05, 4.69) is 5.10 Å². The minimum Gasteiger partial charge on any atom is -0.478 e. The van der Waals surface area contributed by atoms with Gasteiger partial charge in [-0.1, -0.05) is 0 Å². The molecule has 0 aromatic carbocycles. The standard InChI is InChI=1S/C8H10F2N2O2/c1-8(9,10)2-3-12-5-6(4-11-12)7(13)14/h4-5H,2-3H2,1H3,(H,13,14). The number of alkyl halides is 2. The molecule has 0 saturated carbocycles. The van der Waals surface area contributed by atoms with Crippen molar-refractivity contribution in [3.8, 4) is 0 Å². The van der Waals surface area contributed by atoms with Gasteiger partial charge in [0.25, 0.3) is 0 Å². The highest BCUT2D eigenvalue weighted by Crippen LogP contribution is 2.17. The van der Waals surface area contributed by atoms with Crippen molar-refractivity contribution in [1.29, 1.82) is 0 Å². The Labute approximate surface area is 79.2 Å². The van der Waals surface area contributed by atoms with E-state index in [0.29, 0.717) is 0 Å². The summed E-state index contributed by atoms with van der Waals surface area (Å²) in [4.78, 5) is 10.4. The van der Waals surface area contributed by atoms with Crippen molar-refractivity contribution in [1.82, 2.24) is 9.78 Å². The molecule has 0 atom stereocenters. The van der Waals surface area contributed by atoms with E-state index in [1.54, 1.807) is 0 Å². The SMILES string of the molecule is CC(F)(F)CCn1cc(C(=O)O)cn1. The second-order valence-electron chi connectivity index (χ2n) is 3.12. The van der Waals surface area contributed by atoms with E-state index in [1.807, 2.05) is 0 Å². The largest absolute Gasteiger partial charge is 0.478 e. The molecule has 0 unspecified atom stereocenters. The molecule has 0 amide bonds. The first-order chi connectivity index (χ1) is 6.38. The molecule has 0 bridgehead atoms. The van der Waals surface area contributed by atoms with Crippen LogP contribution in [-0.2, 0) is 6.54 Å². The molecule has 0 radical (unpaired) electrons. The summed E-state index contributed by atoms with van der Waals surface area (Å²) in [5, 5.41) is 12.2. The number of carboxylic acid groups (broad SMARTS) is 1. The Morgan fingerprint density at radius 2 is 2.36 bits per heavy atom. The quantitative estimate of drug-likeness (QED) is 0.810. The number of carbonyl (C=O) groups is 1. The van der Waals surface area contributed by atoms with Crippen LogP contribution < -0.4 is 0 Å². The molecule has 1 heterocycles. The van der Waals surface area contributed by atoms with Crippen LogP contribution >= 0.6 is 0 Å². The zero-order valence-corrected chi connectivity index (χ0v) is 7.57. The molecule has 1 N–H and O–H groups in total. The molecule has 1 aromatic heterocycles. The Bertz CT molecular complexity index is 330. The van der Waals surface area contributed by atoms with Gasteiger partial charge in [0, 0.05) is 19.2 Å². The van der Waals surface area contributed by atoms with Crippen molar-refractivity contribution in [2.45, 2.75) is 25.8 Å². The predicted molar refractivity (Wildman–Crippen MR) is 44.4 cm³/mol. The van der Waals surface area contributed by atoms with Gasteiger partial charge in [-0.3, -0.25) is 4.68 Å². The molecule has 14 heavy (non-hydrogen) atoms. The third-order valence-electron chi connectivity index (χ3n) is 1.66. The van der Waals surface area contributed by atoms with Crippen LogP contribution in [0.25, 0.3) is 0 Å². The Morgan fingerprint density at radius 1 is 1.71 bits per heavy atom. The van der Waals surface area contributed by atoms with Gasteiger partial charge in [-0.15, -0.1) is 0 Å². The number of aryl methyl sites for hydroxylation is 1. The minimum absolute atomic E-state index is 0.00409. The lowest BCUT2D eigenvalue weighted by Gasteiger charge is -2.08. The van der Waals surface area contributed by atoms with Gasteiger partial charge in [0.1, 0.15) is 0 Å². The molecule has 1 rings (SSSR count). The molecule has 1 aromatic rings. The normalized spacial score (nSPS) is 11.6. The van der Waals surface area contributed by atoms with E-state index < -0.39 is 11.9 Å². The topological polar surface area (TPSA) is 55.1 Å². The van der Waals surface area contributed by atoms with Crippen molar-refractivity contribution in [2.75, 3.05) is 0 Å². The van der Waals surface area contributed by atoms with Crippen LogP contribution in [0.2, 0.25) is 0 Å². The number of hydrogen-bond donors (Lipinski definition) is 1. The van der Waals surface area contributed by atoms with Gasteiger partial charge < -0.3 is 5.11 Å². The highest BCUT2D eigenvalue weighted by atomic mass is 19.3. The first-order valence-corrected chi connectivity index (χ1v) is 4.02. The highest BCUT2D eigenvalue weighted by Gasteiger charge is 2.20. The Balaban J connectivity index is 2.56. The maximum Gasteiger partial charge on any atom is 0.338 e. The summed E-state index contributed by atoms with van der Waals surface area (Å²) >= 11 is 0. The van der Waals surface area contributed by atoms with E-state index >= 15 is 0 Å². The fraction of sp³-hybridized carbons (Fsp3) is 0.500. The number of nitrogens with zero attached hydrogens (tertiary/aromatic N) is 2. The van der Waals surface area contributed by atoms with Crippen molar-refractivity contribution in [3.05, 3.63) is 18.0 Å². The summed E-state index contributed by atoms with van der Waals surface area (Å²) in [5.74, 6) is -3.87. The summed E-state index contributed by atoms with van der Waals surface area (Å²) < 4.78 is 26.0. The molecule has 0 saturated heterocycles. The number of hydrogen-bond acceptors (Lipinski definition) is 2. The third-order valence-corrected chi connectivity index (χ3v) is 1.66. The van der Waals surface area contributed by atoms with Crippen molar-refractivity contribution >= 4 is 5.97 Å². The molecule has 6 heteroatoms. The van der Waals surface area contributed by atoms with Gasteiger partial charge in [0.15, 0.2) is 0 Å². The third kappa shape index (κ3) is 3.12. The molecule has 0 fully saturated rings. The summed E-state index contributed by atoms with van der Waals surface area (Å²) in [6, 6.07) is 0. The zero-order valence-electron chi connectivity index (χ0n) is 7.57. The van der Waals surface area contributed by atoms with Gasteiger partial charge in [-0.25, -0.2) is 13.6 Å². The fourth-order valence-corrected chi connectivity index (χ4v) is 0.907. The maximum atomic E-state index is 12.4. The van der Waals surface area contributed by atoms with Crippen molar-refractivity contribution in [3.63, 3.8) is 0 Å². The van der Waals surface area contributed by atoms with Crippen LogP contribution in [0.1, 0.15) is 23.7 Å². The summed E-state index contributed by atoms with van der Waals surface area (Å²) in [5.41, 5.74) is 0.00409. The summed E-state index contributed by atoms with van der Waals surface area (Å²) in [7, 11) is 0. The highest BCUT2D eigenvalue weighted by molar-refractivity contribution is 5.86. The van der Waals surface area contributed by atoms with Crippen LogP contribution in [-0.4, -0.2) is 26.8 Å². The first-order valence-electron chi connectivity index (χ1n) is 4.02. The summed E-state index contributed by atoms with van der Waals surface area (Å²) in [6.45, 7) is 0.825. The van der Waals surface area contributed by atoms with Crippen LogP contribution in [0.15, 0.2) is 12.4 Å². The second kappa shape index (κ2) is 3.73. The van der Waals surface area contributed by atoms with Crippen molar-refractivity contribution in [2.24, 2.45) is 0 Å². The van der Waals surface area contributed by atoms with Crippen LogP contribution in [0.3, 0.4) is 0 Å².